The first kappa shape index (κ1) is 17.6. The molecule has 3 aromatic heterocycles. The molecule has 1 aliphatic rings. The Labute approximate surface area is 170 Å². The van der Waals surface area contributed by atoms with Crippen LogP contribution in [0.2, 0.25) is 0 Å². The number of fused-ring (bicyclic) bond motifs is 2. The van der Waals surface area contributed by atoms with Crippen molar-refractivity contribution in [2.75, 3.05) is 0 Å². The van der Waals surface area contributed by atoms with Crippen LogP contribution in [0.5, 0.6) is 0 Å². The Balaban J connectivity index is 1.41. The fourth-order valence-corrected chi connectivity index (χ4v) is 5.20. The van der Waals surface area contributed by atoms with E-state index in [9.17, 15) is 4.79 Å². The van der Waals surface area contributed by atoms with Crippen LogP contribution in [-0.4, -0.2) is 25.4 Å². The number of carbonyl (C=O) groups is 1. The molecule has 0 bridgehead atoms. The topological polar surface area (TPSA) is 60.1 Å². The van der Waals surface area contributed by atoms with Gasteiger partial charge in [-0.1, -0.05) is 47.7 Å². The Morgan fingerprint density at radius 1 is 1.21 bits per heavy atom. The SMILES string of the molecule is Cc1cccc(CSc2nc3nc4c(cn3n2)C(=O)C[C@@H](c2cccs2)C4)c1. The maximum absolute atomic E-state index is 12.7. The number of thiophene rings is 1. The van der Waals surface area contributed by atoms with Gasteiger partial charge in [-0.3, -0.25) is 4.79 Å². The standard InChI is InChI=1S/C21H18N4OS2/c1-13-4-2-5-14(8-13)12-28-21-23-20-22-17-9-15(19-6-3-7-27-19)10-18(26)16(17)11-25(20)24-21/h2-8,11,15H,9-10,12H2,1H3/t15-/m0/s1. The molecule has 5 nitrogen and oxygen atoms in total. The van der Waals surface area contributed by atoms with E-state index in [1.54, 1.807) is 33.8 Å². The second-order valence-electron chi connectivity index (χ2n) is 7.06. The summed E-state index contributed by atoms with van der Waals surface area (Å²) in [6.07, 6.45) is 3.11. The summed E-state index contributed by atoms with van der Waals surface area (Å²) < 4.78 is 1.64. The maximum atomic E-state index is 12.7. The van der Waals surface area contributed by atoms with Crippen molar-refractivity contribution in [2.24, 2.45) is 0 Å². The number of thioether (sulfide) groups is 1. The molecule has 0 amide bonds. The number of aryl methyl sites for hydroxylation is 1. The van der Waals surface area contributed by atoms with E-state index in [0.717, 1.165) is 17.9 Å². The predicted molar refractivity (Wildman–Crippen MR) is 111 cm³/mol. The normalized spacial score (nSPS) is 16.5. The van der Waals surface area contributed by atoms with E-state index < -0.39 is 0 Å². The van der Waals surface area contributed by atoms with Crippen LogP contribution in [0, 0.1) is 6.92 Å². The van der Waals surface area contributed by atoms with Crippen LogP contribution in [-0.2, 0) is 12.2 Å². The first-order valence-corrected chi connectivity index (χ1v) is 11.0. The summed E-state index contributed by atoms with van der Waals surface area (Å²) in [5.74, 6) is 1.72. The van der Waals surface area contributed by atoms with Crippen LogP contribution in [0.4, 0.5) is 0 Å². The third kappa shape index (κ3) is 3.36. The number of carbonyl (C=O) groups excluding carboxylic acids is 1. The number of Topliss-reactive ketones (excluding diaryl/α,β-unsaturated/α-hetero) is 1. The monoisotopic (exact) mass is 406 g/mol. The first-order valence-electron chi connectivity index (χ1n) is 9.17. The Morgan fingerprint density at radius 2 is 2.14 bits per heavy atom. The van der Waals surface area contributed by atoms with Gasteiger partial charge < -0.3 is 0 Å². The summed E-state index contributed by atoms with van der Waals surface area (Å²) in [4.78, 5) is 23.2. The lowest BCUT2D eigenvalue weighted by atomic mass is 9.86. The van der Waals surface area contributed by atoms with Crippen LogP contribution in [0.25, 0.3) is 5.78 Å². The van der Waals surface area contributed by atoms with Gasteiger partial charge in [0.2, 0.25) is 5.16 Å². The van der Waals surface area contributed by atoms with Crippen molar-refractivity contribution in [3.05, 3.63) is 75.2 Å². The highest BCUT2D eigenvalue weighted by Gasteiger charge is 2.29. The summed E-state index contributed by atoms with van der Waals surface area (Å²) in [5.41, 5.74) is 4.00. The van der Waals surface area contributed by atoms with E-state index in [1.165, 1.54) is 16.0 Å². The summed E-state index contributed by atoms with van der Waals surface area (Å²) in [5, 5.41) is 7.25. The van der Waals surface area contributed by atoms with Gasteiger partial charge in [-0.2, -0.15) is 4.98 Å². The molecular weight excluding hydrogens is 388 g/mol. The van der Waals surface area contributed by atoms with E-state index in [4.69, 9.17) is 0 Å². The van der Waals surface area contributed by atoms with Gasteiger partial charge in [0.05, 0.1) is 11.3 Å². The molecule has 0 N–H and O–H groups in total. The van der Waals surface area contributed by atoms with E-state index in [1.807, 2.05) is 6.07 Å². The number of hydrogen-bond donors (Lipinski definition) is 0. The minimum absolute atomic E-state index is 0.138. The summed E-state index contributed by atoms with van der Waals surface area (Å²) in [6, 6.07) is 12.6. The number of hydrogen-bond acceptors (Lipinski definition) is 6. The highest BCUT2D eigenvalue weighted by Crippen LogP contribution is 2.34. The van der Waals surface area contributed by atoms with Gasteiger partial charge in [0.25, 0.3) is 5.78 Å². The molecule has 28 heavy (non-hydrogen) atoms. The summed E-state index contributed by atoms with van der Waals surface area (Å²) in [6.45, 7) is 2.09. The predicted octanol–water partition coefficient (Wildman–Crippen LogP) is 4.70. The van der Waals surface area contributed by atoms with Crippen molar-refractivity contribution in [3.8, 4) is 0 Å². The summed E-state index contributed by atoms with van der Waals surface area (Å²) in [7, 11) is 0. The largest absolute Gasteiger partial charge is 0.294 e. The highest BCUT2D eigenvalue weighted by molar-refractivity contribution is 7.98. The Kier molecular flexibility index (Phi) is 4.49. The van der Waals surface area contributed by atoms with Crippen molar-refractivity contribution in [2.45, 2.75) is 36.6 Å². The minimum atomic E-state index is 0.138. The van der Waals surface area contributed by atoms with Crippen molar-refractivity contribution >= 4 is 34.7 Å². The van der Waals surface area contributed by atoms with Crippen molar-refractivity contribution in [3.63, 3.8) is 0 Å². The molecule has 0 saturated heterocycles. The molecule has 140 valence electrons. The molecule has 0 saturated carbocycles. The van der Waals surface area contributed by atoms with Gasteiger partial charge in [0.1, 0.15) is 0 Å². The van der Waals surface area contributed by atoms with E-state index in [0.29, 0.717) is 22.9 Å². The molecular formula is C21H18N4OS2. The molecule has 0 radical (unpaired) electrons. The van der Waals surface area contributed by atoms with Crippen LogP contribution < -0.4 is 0 Å². The highest BCUT2D eigenvalue weighted by atomic mass is 32.2. The zero-order valence-electron chi connectivity index (χ0n) is 15.3. The van der Waals surface area contributed by atoms with Gasteiger partial charge in [-0.25, -0.2) is 9.50 Å². The lowest BCUT2D eigenvalue weighted by molar-refractivity contribution is 0.0963. The lowest BCUT2D eigenvalue weighted by Crippen LogP contribution is -2.20. The van der Waals surface area contributed by atoms with Gasteiger partial charge >= 0.3 is 0 Å². The number of aromatic nitrogens is 4. The molecule has 1 aliphatic carbocycles. The molecule has 5 rings (SSSR count). The second kappa shape index (κ2) is 7.14. The lowest BCUT2D eigenvalue weighted by Gasteiger charge is -2.21. The van der Waals surface area contributed by atoms with Gasteiger partial charge in [-0.15, -0.1) is 16.4 Å². The molecule has 1 atom stereocenters. The van der Waals surface area contributed by atoms with E-state index in [-0.39, 0.29) is 11.7 Å². The second-order valence-corrected chi connectivity index (χ2v) is 8.98. The fourth-order valence-electron chi connectivity index (χ4n) is 3.60. The Morgan fingerprint density at radius 3 is 2.96 bits per heavy atom. The smallest absolute Gasteiger partial charge is 0.253 e. The number of benzene rings is 1. The zero-order valence-corrected chi connectivity index (χ0v) is 17.0. The molecule has 0 unspecified atom stereocenters. The molecule has 4 aromatic rings. The Bertz CT molecular complexity index is 1170. The van der Waals surface area contributed by atoms with Crippen molar-refractivity contribution in [1.29, 1.82) is 0 Å². The molecule has 3 heterocycles. The van der Waals surface area contributed by atoms with Crippen LogP contribution in [0.3, 0.4) is 0 Å². The maximum Gasteiger partial charge on any atom is 0.253 e. The first-order chi connectivity index (χ1) is 13.7. The third-order valence-corrected chi connectivity index (χ3v) is 6.90. The van der Waals surface area contributed by atoms with E-state index in [2.05, 4.69) is 57.7 Å². The average molecular weight is 407 g/mol. The molecule has 1 aromatic carbocycles. The van der Waals surface area contributed by atoms with Crippen LogP contribution >= 0.6 is 23.1 Å². The van der Waals surface area contributed by atoms with E-state index >= 15 is 0 Å². The number of nitrogens with zero attached hydrogens (tertiary/aromatic N) is 4. The molecule has 0 fully saturated rings. The minimum Gasteiger partial charge on any atom is -0.294 e. The van der Waals surface area contributed by atoms with Gasteiger partial charge in [-0.05, 0) is 30.4 Å². The van der Waals surface area contributed by atoms with Gasteiger partial charge in [0, 0.05) is 29.2 Å². The average Bonchev–Trinajstić information content (AvgIpc) is 3.34. The quantitative estimate of drug-likeness (QED) is 0.460. The van der Waals surface area contributed by atoms with Crippen molar-refractivity contribution < 1.29 is 4.79 Å². The van der Waals surface area contributed by atoms with Crippen LogP contribution in [0.15, 0.2) is 53.1 Å². The third-order valence-electron chi connectivity index (χ3n) is 4.96. The molecule has 0 aliphatic heterocycles. The Hall–Kier alpha value is -2.51. The van der Waals surface area contributed by atoms with Crippen LogP contribution in [0.1, 0.15) is 44.4 Å². The number of ketones is 1. The van der Waals surface area contributed by atoms with Gasteiger partial charge in [0.15, 0.2) is 5.78 Å². The molecule has 0 spiro atoms. The van der Waals surface area contributed by atoms with Crippen molar-refractivity contribution in [1.82, 2.24) is 19.6 Å². The molecule has 7 heteroatoms. The zero-order chi connectivity index (χ0) is 19.1. The summed E-state index contributed by atoms with van der Waals surface area (Å²) >= 11 is 3.29. The number of rotatable bonds is 4. The fraction of sp³-hybridized carbons (Fsp3) is 0.238.